The zero-order valence-electron chi connectivity index (χ0n) is 22.3. The van der Waals surface area contributed by atoms with Crippen LogP contribution in [-0.4, -0.2) is 34.8 Å². The van der Waals surface area contributed by atoms with E-state index in [0.717, 1.165) is 67.1 Å². The fourth-order valence-electron chi connectivity index (χ4n) is 5.27. The Hall–Kier alpha value is -4.19. The molecule has 1 aliphatic heterocycles. The van der Waals surface area contributed by atoms with Gasteiger partial charge in [-0.15, -0.1) is 0 Å². The highest BCUT2D eigenvalue weighted by Gasteiger charge is 2.28. The molecule has 2 aromatic heterocycles. The van der Waals surface area contributed by atoms with Gasteiger partial charge >= 0.3 is 0 Å². The van der Waals surface area contributed by atoms with E-state index in [1.165, 1.54) is 11.1 Å². The Labute approximate surface area is 224 Å². The van der Waals surface area contributed by atoms with Crippen molar-refractivity contribution in [3.63, 3.8) is 0 Å². The van der Waals surface area contributed by atoms with Crippen molar-refractivity contribution in [2.75, 3.05) is 23.8 Å². The number of Topliss-reactive ketones (excluding diaryl/α,β-unsaturated/α-hetero) is 1. The molecule has 4 aromatic rings. The fourth-order valence-corrected chi connectivity index (χ4v) is 5.27. The maximum Gasteiger partial charge on any atom is 0.298 e. The van der Waals surface area contributed by atoms with Gasteiger partial charge in [-0.2, -0.15) is 0 Å². The third-order valence-electron chi connectivity index (χ3n) is 7.15. The summed E-state index contributed by atoms with van der Waals surface area (Å²) in [6, 6.07) is 23.8. The van der Waals surface area contributed by atoms with Crippen LogP contribution in [0.4, 0.5) is 11.5 Å². The Morgan fingerprint density at radius 1 is 1.00 bits per heavy atom. The van der Waals surface area contributed by atoms with Crippen molar-refractivity contribution >= 4 is 23.2 Å². The standard InChI is InChI=1S/C32H34N4O2/c1-22-19-23(2)33-29(20-22)35(3)17-7-9-24-13-15-26(16-14-24)34-32(38)31(37)30-28(25-10-5-4-6-11-25)21-27-12-8-18-36(27)30/h4-6,10-11,13-16,19-21H,7-9,12,17-18H2,1-3H3,(H,34,38). The Morgan fingerprint density at radius 3 is 2.50 bits per heavy atom. The number of pyridine rings is 1. The second-order valence-electron chi connectivity index (χ2n) is 10.2. The van der Waals surface area contributed by atoms with Crippen LogP contribution in [0.5, 0.6) is 0 Å². The van der Waals surface area contributed by atoms with Crippen LogP contribution in [0.2, 0.25) is 0 Å². The van der Waals surface area contributed by atoms with Gasteiger partial charge in [-0.1, -0.05) is 42.5 Å². The van der Waals surface area contributed by atoms with Crippen molar-refractivity contribution in [3.8, 4) is 11.1 Å². The van der Waals surface area contributed by atoms with Crippen LogP contribution in [0.3, 0.4) is 0 Å². The van der Waals surface area contributed by atoms with Crippen LogP contribution in [0.1, 0.15) is 45.8 Å². The highest BCUT2D eigenvalue weighted by molar-refractivity contribution is 6.47. The summed E-state index contributed by atoms with van der Waals surface area (Å²) in [5, 5.41) is 2.82. The average molecular weight is 507 g/mol. The van der Waals surface area contributed by atoms with Crippen LogP contribution in [0.25, 0.3) is 11.1 Å². The first-order valence-electron chi connectivity index (χ1n) is 13.3. The lowest BCUT2D eigenvalue weighted by Gasteiger charge is -2.19. The SMILES string of the molecule is Cc1cc(C)nc(N(C)CCCc2ccc(NC(=O)C(=O)c3c(-c4ccccc4)cc4n3CCC4)cc2)c1. The third-order valence-corrected chi connectivity index (χ3v) is 7.15. The number of hydrogen-bond donors (Lipinski definition) is 1. The molecule has 6 nitrogen and oxygen atoms in total. The van der Waals surface area contributed by atoms with E-state index < -0.39 is 11.7 Å². The molecule has 0 spiro atoms. The van der Waals surface area contributed by atoms with Crippen LogP contribution in [0, 0.1) is 13.8 Å². The van der Waals surface area contributed by atoms with E-state index in [1.54, 1.807) is 0 Å². The number of aryl methyl sites for hydroxylation is 4. The van der Waals surface area contributed by atoms with Gasteiger partial charge in [-0.3, -0.25) is 9.59 Å². The van der Waals surface area contributed by atoms with Crippen molar-refractivity contribution in [2.24, 2.45) is 0 Å². The highest BCUT2D eigenvalue weighted by atomic mass is 16.2. The highest BCUT2D eigenvalue weighted by Crippen LogP contribution is 2.32. The Balaban J connectivity index is 1.21. The second kappa shape index (κ2) is 11.1. The van der Waals surface area contributed by atoms with E-state index in [9.17, 15) is 9.59 Å². The molecule has 1 N–H and O–H groups in total. The number of rotatable bonds is 9. The molecule has 0 fully saturated rings. The normalized spacial score (nSPS) is 12.3. The van der Waals surface area contributed by atoms with Gasteiger partial charge in [-0.05, 0) is 86.6 Å². The molecule has 0 unspecified atom stereocenters. The second-order valence-corrected chi connectivity index (χ2v) is 10.2. The maximum atomic E-state index is 13.4. The third kappa shape index (κ3) is 5.54. The number of nitrogens with one attached hydrogen (secondary N) is 1. The smallest absolute Gasteiger partial charge is 0.298 e. The minimum atomic E-state index is -0.606. The van der Waals surface area contributed by atoms with Gasteiger partial charge in [0, 0.05) is 42.8 Å². The van der Waals surface area contributed by atoms with Crippen molar-refractivity contribution in [1.82, 2.24) is 9.55 Å². The van der Waals surface area contributed by atoms with E-state index in [4.69, 9.17) is 0 Å². The number of amides is 1. The minimum Gasteiger partial charge on any atom is -0.360 e. The molecule has 6 heteroatoms. The predicted molar refractivity (Wildman–Crippen MR) is 153 cm³/mol. The summed E-state index contributed by atoms with van der Waals surface area (Å²) in [6.45, 7) is 5.77. The van der Waals surface area contributed by atoms with Crippen molar-refractivity contribution < 1.29 is 9.59 Å². The molecule has 3 heterocycles. The predicted octanol–water partition coefficient (Wildman–Crippen LogP) is 6.00. The molecule has 0 atom stereocenters. The zero-order valence-corrected chi connectivity index (χ0v) is 22.3. The molecule has 38 heavy (non-hydrogen) atoms. The number of hydrogen-bond acceptors (Lipinski definition) is 4. The summed E-state index contributed by atoms with van der Waals surface area (Å²) in [6.07, 6.45) is 3.81. The number of fused-ring (bicyclic) bond motifs is 1. The largest absolute Gasteiger partial charge is 0.360 e. The minimum absolute atomic E-state index is 0.486. The number of carbonyl (C=O) groups excluding carboxylic acids is 2. The van der Waals surface area contributed by atoms with Gasteiger partial charge in [0.1, 0.15) is 11.5 Å². The molecule has 0 bridgehead atoms. The lowest BCUT2D eigenvalue weighted by molar-refractivity contribution is -0.112. The van der Waals surface area contributed by atoms with Gasteiger partial charge in [-0.25, -0.2) is 4.98 Å². The molecular formula is C32H34N4O2. The quantitative estimate of drug-likeness (QED) is 0.223. The van der Waals surface area contributed by atoms with Gasteiger partial charge in [0.05, 0.1) is 0 Å². The summed E-state index contributed by atoms with van der Waals surface area (Å²) >= 11 is 0. The molecule has 0 radical (unpaired) electrons. The number of nitrogens with zero attached hydrogens (tertiary/aromatic N) is 3. The maximum absolute atomic E-state index is 13.4. The molecule has 5 rings (SSSR count). The molecule has 1 amide bonds. The molecule has 0 aliphatic carbocycles. The molecule has 0 saturated heterocycles. The Kier molecular flexibility index (Phi) is 7.40. The van der Waals surface area contributed by atoms with Crippen molar-refractivity contribution in [1.29, 1.82) is 0 Å². The Morgan fingerprint density at radius 2 is 1.76 bits per heavy atom. The molecule has 0 saturated carbocycles. The van der Waals surface area contributed by atoms with Crippen LogP contribution in [-0.2, 0) is 24.2 Å². The molecule has 1 aliphatic rings. The number of anilines is 2. The lowest BCUT2D eigenvalue weighted by atomic mass is 10.0. The Bertz CT molecular complexity index is 1430. The number of carbonyl (C=O) groups is 2. The van der Waals surface area contributed by atoms with E-state index in [2.05, 4.69) is 47.4 Å². The van der Waals surface area contributed by atoms with Crippen LogP contribution >= 0.6 is 0 Å². The summed E-state index contributed by atoms with van der Waals surface area (Å²) in [4.78, 5) is 33.2. The molecule has 194 valence electrons. The number of aromatic nitrogens is 2. The van der Waals surface area contributed by atoms with E-state index in [0.29, 0.717) is 11.4 Å². The first-order chi connectivity index (χ1) is 18.4. The van der Waals surface area contributed by atoms with E-state index >= 15 is 0 Å². The zero-order chi connectivity index (χ0) is 26.6. The summed E-state index contributed by atoms with van der Waals surface area (Å²) < 4.78 is 2.01. The molecular weight excluding hydrogens is 472 g/mol. The van der Waals surface area contributed by atoms with Crippen LogP contribution < -0.4 is 10.2 Å². The topological polar surface area (TPSA) is 67.2 Å². The van der Waals surface area contributed by atoms with Crippen LogP contribution in [0.15, 0.2) is 72.8 Å². The monoisotopic (exact) mass is 506 g/mol. The first kappa shape index (κ1) is 25.5. The van der Waals surface area contributed by atoms with Gasteiger partial charge < -0.3 is 14.8 Å². The van der Waals surface area contributed by atoms with Gasteiger partial charge in [0.2, 0.25) is 0 Å². The summed E-state index contributed by atoms with van der Waals surface area (Å²) in [7, 11) is 2.07. The summed E-state index contributed by atoms with van der Waals surface area (Å²) in [5.74, 6) is -0.108. The summed E-state index contributed by atoms with van der Waals surface area (Å²) in [5.41, 5.74) is 7.44. The average Bonchev–Trinajstić information content (AvgIpc) is 3.51. The van der Waals surface area contributed by atoms with E-state index in [-0.39, 0.29) is 0 Å². The number of benzene rings is 2. The fraction of sp³-hybridized carbons (Fsp3) is 0.281. The van der Waals surface area contributed by atoms with Gasteiger partial charge in [0.15, 0.2) is 0 Å². The van der Waals surface area contributed by atoms with Crippen molar-refractivity contribution in [3.05, 3.63) is 101 Å². The van der Waals surface area contributed by atoms with Crippen molar-refractivity contribution in [2.45, 2.75) is 46.1 Å². The van der Waals surface area contributed by atoms with E-state index in [1.807, 2.05) is 66.1 Å². The first-order valence-corrected chi connectivity index (χ1v) is 13.3. The lowest BCUT2D eigenvalue weighted by Crippen LogP contribution is -2.25. The number of ketones is 1. The van der Waals surface area contributed by atoms with Gasteiger partial charge in [0.25, 0.3) is 11.7 Å². The molecule has 2 aromatic carbocycles.